The van der Waals surface area contributed by atoms with Crippen LogP contribution in [0.4, 0.5) is 19.0 Å². The second-order valence-electron chi connectivity index (χ2n) is 6.50. The van der Waals surface area contributed by atoms with Gasteiger partial charge in [0.1, 0.15) is 11.6 Å². The third-order valence-electron chi connectivity index (χ3n) is 4.75. The van der Waals surface area contributed by atoms with Crippen molar-refractivity contribution in [2.75, 3.05) is 18.0 Å². The van der Waals surface area contributed by atoms with Crippen LogP contribution >= 0.6 is 0 Å². The molecule has 5 nitrogen and oxygen atoms in total. The van der Waals surface area contributed by atoms with E-state index in [-0.39, 0.29) is 0 Å². The van der Waals surface area contributed by atoms with E-state index in [0.29, 0.717) is 28.3 Å². The summed E-state index contributed by atoms with van der Waals surface area (Å²) in [4.78, 5) is 6.30. The molecule has 0 unspecified atom stereocenters. The highest BCUT2D eigenvalue weighted by atomic mass is 19.4. The Balaban J connectivity index is 1.88. The lowest BCUT2D eigenvalue weighted by Gasteiger charge is -2.26. The second kappa shape index (κ2) is 6.58. The van der Waals surface area contributed by atoms with Gasteiger partial charge in [-0.15, -0.1) is 5.10 Å². The van der Waals surface area contributed by atoms with Crippen LogP contribution in [0.5, 0.6) is 0 Å². The minimum atomic E-state index is -4.43. The summed E-state index contributed by atoms with van der Waals surface area (Å²) in [5.41, 5.74) is 0.813. The first kappa shape index (κ1) is 17.3. The molecule has 1 aromatic carbocycles. The highest BCUT2D eigenvalue weighted by Gasteiger charge is 2.31. The summed E-state index contributed by atoms with van der Waals surface area (Å²) in [6.07, 6.45) is 0.245. The van der Waals surface area contributed by atoms with E-state index in [9.17, 15) is 18.4 Å². The van der Waals surface area contributed by atoms with Crippen molar-refractivity contribution in [3.63, 3.8) is 0 Å². The smallest absolute Gasteiger partial charge is 0.354 e. The van der Waals surface area contributed by atoms with Gasteiger partial charge in [-0.2, -0.15) is 18.4 Å². The molecular weight excluding hydrogens is 355 g/mol. The minimum absolute atomic E-state index is 0.353. The number of halogens is 3. The molecule has 0 saturated carbocycles. The number of alkyl halides is 3. The van der Waals surface area contributed by atoms with Gasteiger partial charge < -0.3 is 4.90 Å². The van der Waals surface area contributed by atoms with Crippen molar-refractivity contribution in [2.45, 2.75) is 25.4 Å². The van der Waals surface area contributed by atoms with Crippen LogP contribution in [-0.4, -0.2) is 27.7 Å². The molecule has 1 aliphatic rings. The normalized spacial score (nSPS) is 15.1. The number of nitriles is 1. The van der Waals surface area contributed by atoms with Crippen molar-refractivity contribution in [3.8, 4) is 17.3 Å². The SMILES string of the molecule is N#Cc1c(N2CCCCC2)nn2c(-c3cccc(C(F)(F)F)c3)ccnc12. The number of nitrogens with zero attached hydrogens (tertiary/aromatic N) is 5. The predicted molar refractivity (Wildman–Crippen MR) is 94.2 cm³/mol. The Bertz CT molecular complexity index is 1030. The molecule has 3 aromatic rings. The molecule has 27 heavy (non-hydrogen) atoms. The van der Waals surface area contributed by atoms with Crippen molar-refractivity contribution >= 4 is 11.5 Å². The van der Waals surface area contributed by atoms with Gasteiger partial charge in [-0.1, -0.05) is 12.1 Å². The maximum atomic E-state index is 13.1. The quantitative estimate of drug-likeness (QED) is 0.675. The van der Waals surface area contributed by atoms with Gasteiger partial charge in [-0.25, -0.2) is 9.50 Å². The summed E-state index contributed by atoms with van der Waals surface area (Å²) in [5, 5.41) is 14.2. The number of fused-ring (bicyclic) bond motifs is 1. The molecule has 3 heterocycles. The molecule has 0 bridgehead atoms. The van der Waals surface area contributed by atoms with Crippen molar-refractivity contribution in [2.24, 2.45) is 0 Å². The van der Waals surface area contributed by atoms with Gasteiger partial charge in [0.25, 0.3) is 0 Å². The number of rotatable bonds is 2. The van der Waals surface area contributed by atoms with E-state index in [1.54, 1.807) is 12.1 Å². The largest absolute Gasteiger partial charge is 0.416 e. The maximum absolute atomic E-state index is 13.1. The molecule has 4 rings (SSSR count). The Kier molecular flexibility index (Phi) is 4.22. The van der Waals surface area contributed by atoms with Gasteiger partial charge in [0.15, 0.2) is 11.5 Å². The fourth-order valence-corrected chi connectivity index (χ4v) is 3.43. The van der Waals surface area contributed by atoms with E-state index in [2.05, 4.69) is 16.2 Å². The Morgan fingerprint density at radius 2 is 1.85 bits per heavy atom. The topological polar surface area (TPSA) is 57.2 Å². The van der Waals surface area contributed by atoms with Crippen molar-refractivity contribution in [3.05, 3.63) is 47.7 Å². The Morgan fingerprint density at radius 1 is 1.07 bits per heavy atom. The van der Waals surface area contributed by atoms with E-state index in [1.807, 2.05) is 4.90 Å². The van der Waals surface area contributed by atoms with Crippen LogP contribution in [-0.2, 0) is 6.18 Å². The first-order chi connectivity index (χ1) is 13.0. The van der Waals surface area contributed by atoms with Crippen LogP contribution in [0, 0.1) is 11.3 Å². The highest BCUT2D eigenvalue weighted by Crippen LogP contribution is 2.33. The van der Waals surface area contributed by atoms with Crippen molar-refractivity contribution < 1.29 is 13.2 Å². The Hall–Kier alpha value is -3.08. The van der Waals surface area contributed by atoms with Gasteiger partial charge in [-0.05, 0) is 37.5 Å². The summed E-state index contributed by atoms with van der Waals surface area (Å²) in [6, 6.07) is 8.85. The van der Waals surface area contributed by atoms with E-state index in [0.717, 1.165) is 44.5 Å². The lowest BCUT2D eigenvalue weighted by molar-refractivity contribution is -0.137. The average molecular weight is 371 g/mol. The van der Waals surface area contributed by atoms with Crippen LogP contribution in [0.2, 0.25) is 0 Å². The van der Waals surface area contributed by atoms with Crippen LogP contribution < -0.4 is 4.90 Å². The van der Waals surface area contributed by atoms with E-state index in [1.165, 1.54) is 16.8 Å². The zero-order valence-electron chi connectivity index (χ0n) is 14.4. The molecule has 0 N–H and O–H groups in total. The predicted octanol–water partition coefficient (Wildman–Crippen LogP) is 4.28. The molecule has 1 aliphatic heterocycles. The monoisotopic (exact) mass is 371 g/mol. The number of anilines is 1. The lowest BCUT2D eigenvalue weighted by Crippen LogP contribution is -2.30. The maximum Gasteiger partial charge on any atom is 0.416 e. The fourth-order valence-electron chi connectivity index (χ4n) is 3.43. The molecule has 8 heteroatoms. The number of benzene rings is 1. The van der Waals surface area contributed by atoms with E-state index < -0.39 is 11.7 Å². The summed E-state index contributed by atoms with van der Waals surface area (Å²) in [5.74, 6) is 0.545. The lowest BCUT2D eigenvalue weighted by atomic mass is 10.1. The molecule has 0 amide bonds. The van der Waals surface area contributed by atoms with Crippen LogP contribution in [0.25, 0.3) is 16.9 Å². The van der Waals surface area contributed by atoms with Gasteiger partial charge in [-0.3, -0.25) is 0 Å². The first-order valence-electron chi connectivity index (χ1n) is 8.69. The average Bonchev–Trinajstić information content (AvgIpc) is 3.07. The fraction of sp³-hybridized carbons (Fsp3) is 0.316. The van der Waals surface area contributed by atoms with Crippen LogP contribution in [0.15, 0.2) is 36.5 Å². The third kappa shape index (κ3) is 3.10. The number of hydrogen-bond donors (Lipinski definition) is 0. The summed E-state index contributed by atoms with van der Waals surface area (Å²) in [7, 11) is 0. The molecule has 1 saturated heterocycles. The Labute approximate surface area is 153 Å². The summed E-state index contributed by atoms with van der Waals surface area (Å²) < 4.78 is 40.7. The molecule has 0 radical (unpaired) electrons. The van der Waals surface area contributed by atoms with E-state index in [4.69, 9.17) is 0 Å². The molecule has 1 fully saturated rings. The molecular formula is C19H16F3N5. The third-order valence-corrected chi connectivity index (χ3v) is 4.75. The summed E-state index contributed by atoms with van der Waals surface area (Å²) >= 11 is 0. The van der Waals surface area contributed by atoms with Crippen molar-refractivity contribution in [1.82, 2.24) is 14.6 Å². The standard InChI is InChI=1S/C19H16F3N5/c20-19(21,22)14-6-4-5-13(11-14)16-7-8-24-17-15(12-23)18(25-27(16)17)26-9-2-1-3-10-26/h4-8,11H,1-3,9-10H2. The molecule has 2 aromatic heterocycles. The van der Waals surface area contributed by atoms with Crippen molar-refractivity contribution in [1.29, 1.82) is 5.26 Å². The van der Waals surface area contributed by atoms with Gasteiger partial charge >= 0.3 is 6.18 Å². The van der Waals surface area contributed by atoms with Gasteiger partial charge in [0, 0.05) is 24.8 Å². The first-order valence-corrected chi connectivity index (χ1v) is 8.69. The minimum Gasteiger partial charge on any atom is -0.354 e. The molecule has 0 spiro atoms. The summed E-state index contributed by atoms with van der Waals surface area (Å²) in [6.45, 7) is 1.61. The van der Waals surface area contributed by atoms with E-state index >= 15 is 0 Å². The van der Waals surface area contributed by atoms with Crippen LogP contribution in [0.3, 0.4) is 0 Å². The molecule has 0 atom stereocenters. The number of hydrogen-bond acceptors (Lipinski definition) is 4. The Morgan fingerprint density at radius 3 is 2.56 bits per heavy atom. The number of aromatic nitrogens is 3. The highest BCUT2D eigenvalue weighted by molar-refractivity contribution is 5.73. The zero-order valence-corrected chi connectivity index (χ0v) is 14.4. The molecule has 138 valence electrons. The van der Waals surface area contributed by atoms with Gasteiger partial charge in [0.05, 0.1) is 11.3 Å². The zero-order chi connectivity index (χ0) is 19.0. The number of piperidine rings is 1. The van der Waals surface area contributed by atoms with Gasteiger partial charge in [0.2, 0.25) is 0 Å². The second-order valence-corrected chi connectivity index (χ2v) is 6.50. The molecule has 0 aliphatic carbocycles. The van der Waals surface area contributed by atoms with Crippen LogP contribution in [0.1, 0.15) is 30.4 Å².